The Morgan fingerprint density at radius 1 is 1.08 bits per heavy atom. The van der Waals surface area contributed by atoms with Gasteiger partial charge in [-0.15, -0.1) is 0 Å². The second-order valence-electron chi connectivity index (χ2n) is 9.32. The molecule has 138 valence electrons. The average molecular weight is 341 g/mol. The maximum Gasteiger partial charge on any atom is 0.0375 e. The third-order valence-corrected chi connectivity index (χ3v) is 7.33. The van der Waals surface area contributed by atoms with Crippen molar-refractivity contribution in [3.05, 3.63) is 29.3 Å². The maximum atomic E-state index is 3.60. The first-order valence-electron chi connectivity index (χ1n) is 10.7. The number of nitrogens with zero attached hydrogens (tertiary/aromatic N) is 1. The van der Waals surface area contributed by atoms with Crippen LogP contribution in [-0.4, -0.2) is 24.5 Å². The van der Waals surface area contributed by atoms with Crippen molar-refractivity contribution in [1.82, 2.24) is 4.90 Å². The molecule has 1 aromatic carbocycles. The number of hydrogen-bond acceptors (Lipinski definition) is 2. The molecule has 2 heteroatoms. The highest BCUT2D eigenvalue weighted by Gasteiger charge is 2.35. The van der Waals surface area contributed by atoms with Gasteiger partial charge in [0.1, 0.15) is 0 Å². The molecule has 25 heavy (non-hydrogen) atoms. The van der Waals surface area contributed by atoms with E-state index >= 15 is 0 Å². The summed E-state index contributed by atoms with van der Waals surface area (Å²) >= 11 is 0. The first-order valence-corrected chi connectivity index (χ1v) is 10.7. The number of fused-ring (bicyclic) bond motifs is 1. The van der Waals surface area contributed by atoms with Crippen LogP contribution >= 0.6 is 0 Å². The van der Waals surface area contributed by atoms with E-state index in [4.69, 9.17) is 0 Å². The number of nitrogens with one attached hydrogen (secondary N) is 1. The lowest BCUT2D eigenvalue weighted by molar-refractivity contribution is 0.0641. The molecule has 0 radical (unpaired) electrons. The van der Waals surface area contributed by atoms with Gasteiger partial charge in [-0.05, 0) is 79.6 Å². The van der Waals surface area contributed by atoms with Gasteiger partial charge in [-0.2, -0.15) is 0 Å². The number of benzene rings is 1. The average Bonchev–Trinajstić information content (AvgIpc) is 2.64. The zero-order chi connectivity index (χ0) is 17.3. The highest BCUT2D eigenvalue weighted by molar-refractivity contribution is 5.56. The van der Waals surface area contributed by atoms with Gasteiger partial charge in [0.05, 0.1) is 0 Å². The minimum absolute atomic E-state index is 0.720. The third-order valence-electron chi connectivity index (χ3n) is 7.33. The fourth-order valence-electron chi connectivity index (χ4n) is 5.63. The van der Waals surface area contributed by atoms with Crippen molar-refractivity contribution >= 4 is 5.69 Å². The molecule has 3 aliphatic rings. The Labute approximate surface area is 154 Å². The van der Waals surface area contributed by atoms with E-state index in [9.17, 15) is 0 Å². The Morgan fingerprint density at radius 2 is 1.84 bits per heavy atom. The zero-order valence-electron chi connectivity index (χ0n) is 16.3. The summed E-state index contributed by atoms with van der Waals surface area (Å²) in [5.41, 5.74) is 5.19. The molecule has 1 N–H and O–H groups in total. The fraction of sp³-hybridized carbons (Fsp3) is 0.739. The minimum atomic E-state index is 0.720. The summed E-state index contributed by atoms with van der Waals surface area (Å²) in [4.78, 5) is 2.71. The number of piperidine rings is 1. The van der Waals surface area contributed by atoms with Gasteiger partial charge in [0.25, 0.3) is 0 Å². The van der Waals surface area contributed by atoms with Gasteiger partial charge in [0, 0.05) is 18.8 Å². The van der Waals surface area contributed by atoms with Crippen molar-refractivity contribution in [3.8, 4) is 0 Å². The summed E-state index contributed by atoms with van der Waals surface area (Å²) in [5, 5.41) is 3.60. The molecule has 2 aliphatic heterocycles. The van der Waals surface area contributed by atoms with E-state index in [1.165, 1.54) is 75.7 Å². The predicted molar refractivity (Wildman–Crippen MR) is 107 cm³/mol. The summed E-state index contributed by atoms with van der Waals surface area (Å²) in [5.74, 6) is 1.46. The molecule has 1 aromatic rings. The number of rotatable bonds is 3. The van der Waals surface area contributed by atoms with Crippen LogP contribution in [0.4, 0.5) is 5.69 Å². The second-order valence-corrected chi connectivity index (χ2v) is 9.32. The predicted octanol–water partition coefficient (Wildman–Crippen LogP) is 5.79. The van der Waals surface area contributed by atoms with Crippen molar-refractivity contribution in [3.63, 3.8) is 0 Å². The van der Waals surface area contributed by atoms with Gasteiger partial charge < -0.3 is 5.32 Å². The van der Waals surface area contributed by atoms with Crippen LogP contribution in [0, 0.1) is 11.3 Å². The molecule has 1 saturated carbocycles. The third kappa shape index (κ3) is 3.74. The van der Waals surface area contributed by atoms with Gasteiger partial charge in [-0.3, -0.25) is 4.90 Å². The van der Waals surface area contributed by atoms with E-state index in [0.29, 0.717) is 0 Å². The van der Waals surface area contributed by atoms with Crippen molar-refractivity contribution in [2.45, 2.75) is 77.7 Å². The second kappa shape index (κ2) is 7.31. The van der Waals surface area contributed by atoms with Crippen molar-refractivity contribution in [2.24, 2.45) is 11.3 Å². The van der Waals surface area contributed by atoms with Crippen LogP contribution < -0.4 is 5.32 Å². The van der Waals surface area contributed by atoms with Crippen molar-refractivity contribution in [1.29, 1.82) is 0 Å². The highest BCUT2D eigenvalue weighted by Crippen LogP contribution is 2.44. The van der Waals surface area contributed by atoms with Gasteiger partial charge in [0.15, 0.2) is 0 Å². The molecule has 4 rings (SSSR count). The molecule has 0 amide bonds. The van der Waals surface area contributed by atoms with Crippen molar-refractivity contribution < 1.29 is 0 Å². The van der Waals surface area contributed by atoms with E-state index in [1.54, 1.807) is 5.56 Å². The molecule has 1 spiro atoms. The summed E-state index contributed by atoms with van der Waals surface area (Å²) in [6, 6.07) is 7.21. The molecular formula is C23H36N2. The van der Waals surface area contributed by atoms with Crippen LogP contribution in [0.1, 0.15) is 82.3 Å². The van der Waals surface area contributed by atoms with Gasteiger partial charge in [0.2, 0.25) is 0 Å². The topological polar surface area (TPSA) is 15.3 Å². The quantitative estimate of drug-likeness (QED) is 0.749. The van der Waals surface area contributed by atoms with Gasteiger partial charge in [-0.25, -0.2) is 0 Å². The van der Waals surface area contributed by atoms with Crippen LogP contribution in [0.2, 0.25) is 0 Å². The SMILES string of the molecule is CC(C)C1CCNc2ccc(CN3CCC4(CCCCC4)CC3)cc21. The van der Waals surface area contributed by atoms with Crippen LogP contribution in [0.5, 0.6) is 0 Å². The van der Waals surface area contributed by atoms with E-state index in [0.717, 1.165) is 30.3 Å². The molecular weight excluding hydrogens is 304 g/mol. The molecule has 2 nitrogen and oxygen atoms in total. The molecule has 2 fully saturated rings. The monoisotopic (exact) mass is 340 g/mol. The molecule has 0 bridgehead atoms. The number of hydrogen-bond donors (Lipinski definition) is 1. The van der Waals surface area contributed by atoms with Gasteiger partial charge >= 0.3 is 0 Å². The van der Waals surface area contributed by atoms with Crippen LogP contribution in [0.15, 0.2) is 18.2 Å². The summed E-state index contributed by atoms with van der Waals surface area (Å²) < 4.78 is 0. The van der Waals surface area contributed by atoms with Crippen LogP contribution in [0.25, 0.3) is 0 Å². The summed E-state index contributed by atoms with van der Waals surface area (Å²) in [6.07, 6.45) is 11.6. The Bertz CT molecular complexity index is 576. The molecule has 1 aliphatic carbocycles. The Hall–Kier alpha value is -1.02. The lowest BCUT2D eigenvalue weighted by atomic mass is 9.68. The largest absolute Gasteiger partial charge is 0.385 e. The Balaban J connectivity index is 1.41. The zero-order valence-corrected chi connectivity index (χ0v) is 16.3. The highest BCUT2D eigenvalue weighted by atomic mass is 15.1. The van der Waals surface area contributed by atoms with E-state index in [-0.39, 0.29) is 0 Å². The number of anilines is 1. The Kier molecular flexibility index (Phi) is 5.08. The molecule has 1 atom stereocenters. The smallest absolute Gasteiger partial charge is 0.0375 e. The lowest BCUT2D eigenvalue weighted by Crippen LogP contribution is -2.40. The van der Waals surface area contributed by atoms with E-state index < -0.39 is 0 Å². The van der Waals surface area contributed by atoms with Crippen LogP contribution in [0.3, 0.4) is 0 Å². The first kappa shape index (κ1) is 17.4. The normalized spacial score (nSPS) is 26.4. The van der Waals surface area contributed by atoms with Gasteiger partial charge in [-0.1, -0.05) is 45.2 Å². The minimum Gasteiger partial charge on any atom is -0.385 e. The lowest BCUT2D eigenvalue weighted by Gasteiger charge is -2.44. The molecule has 1 unspecified atom stereocenters. The summed E-state index contributed by atoms with van der Waals surface area (Å²) in [6.45, 7) is 9.64. The van der Waals surface area contributed by atoms with E-state index in [2.05, 4.69) is 42.3 Å². The molecule has 0 aromatic heterocycles. The standard InChI is InChI=1S/C23H36N2/c1-18(2)20-8-13-24-22-7-6-19(16-21(20)22)17-25-14-11-23(12-15-25)9-4-3-5-10-23/h6-7,16,18,20,24H,3-5,8-15,17H2,1-2H3. The number of likely N-dealkylation sites (tertiary alicyclic amines) is 1. The van der Waals surface area contributed by atoms with Crippen LogP contribution in [-0.2, 0) is 6.54 Å². The fourth-order valence-corrected chi connectivity index (χ4v) is 5.63. The molecule has 2 heterocycles. The molecule has 1 saturated heterocycles. The first-order chi connectivity index (χ1) is 12.2. The van der Waals surface area contributed by atoms with Crippen molar-refractivity contribution in [2.75, 3.05) is 25.0 Å². The van der Waals surface area contributed by atoms with E-state index in [1.807, 2.05) is 0 Å². The Morgan fingerprint density at radius 3 is 2.56 bits per heavy atom. The maximum absolute atomic E-state index is 3.60. The summed E-state index contributed by atoms with van der Waals surface area (Å²) in [7, 11) is 0.